The van der Waals surface area contributed by atoms with Crippen LogP contribution in [0, 0.1) is 5.92 Å². The number of benzene rings is 1. The van der Waals surface area contributed by atoms with Crippen LogP contribution < -0.4 is 11.2 Å². The lowest BCUT2D eigenvalue weighted by atomic mass is 9.65. The van der Waals surface area contributed by atoms with Crippen molar-refractivity contribution in [2.75, 3.05) is 20.1 Å². The summed E-state index contributed by atoms with van der Waals surface area (Å²) in [5.41, 5.74) is 10.3. The van der Waals surface area contributed by atoms with Crippen LogP contribution in [0.15, 0.2) is 48.4 Å². The molecular formula is C20H24N6O2. The van der Waals surface area contributed by atoms with Crippen LogP contribution in [0.4, 0.5) is 0 Å². The van der Waals surface area contributed by atoms with Gasteiger partial charge in [-0.1, -0.05) is 35.5 Å². The summed E-state index contributed by atoms with van der Waals surface area (Å²) < 4.78 is 2.10. The summed E-state index contributed by atoms with van der Waals surface area (Å²) in [7, 11) is 2.13. The van der Waals surface area contributed by atoms with E-state index in [1.165, 1.54) is 5.69 Å². The van der Waals surface area contributed by atoms with Crippen LogP contribution in [-0.2, 0) is 15.2 Å². The minimum absolute atomic E-state index is 0.172. The van der Waals surface area contributed by atoms with Crippen LogP contribution in [0.3, 0.4) is 0 Å². The number of likely N-dealkylation sites (N-methyl/N-ethyl adjacent to an activating group) is 1. The molecular weight excluding hydrogens is 356 g/mol. The Kier molecular flexibility index (Phi) is 3.99. The van der Waals surface area contributed by atoms with E-state index >= 15 is 0 Å². The van der Waals surface area contributed by atoms with Crippen molar-refractivity contribution >= 4 is 5.91 Å². The van der Waals surface area contributed by atoms with Crippen LogP contribution in [0.25, 0.3) is 0 Å². The van der Waals surface area contributed by atoms with Crippen LogP contribution >= 0.6 is 0 Å². The molecule has 2 fully saturated rings. The van der Waals surface area contributed by atoms with E-state index in [9.17, 15) is 4.79 Å². The molecule has 1 amide bonds. The first kappa shape index (κ1) is 17.4. The number of carbonyl (C=O) groups is 1. The highest BCUT2D eigenvalue weighted by molar-refractivity contribution is 5.90. The number of nitrogens with one attached hydrogen (secondary N) is 1. The van der Waals surface area contributed by atoms with Gasteiger partial charge < -0.3 is 15.5 Å². The molecule has 1 aliphatic carbocycles. The van der Waals surface area contributed by atoms with Gasteiger partial charge in [0.25, 0.3) is 5.91 Å². The average Bonchev–Trinajstić information content (AvgIpc) is 3.27. The maximum atomic E-state index is 11.6. The van der Waals surface area contributed by atoms with Gasteiger partial charge in [0, 0.05) is 19.0 Å². The maximum absolute atomic E-state index is 11.6. The topological polar surface area (TPSA) is 98.3 Å². The normalized spacial score (nSPS) is 30.2. The first-order chi connectivity index (χ1) is 13.6. The Morgan fingerprint density at radius 2 is 2.04 bits per heavy atom. The highest BCUT2D eigenvalue weighted by Crippen LogP contribution is 2.51. The Labute approximate surface area is 163 Å². The van der Waals surface area contributed by atoms with E-state index in [-0.39, 0.29) is 11.7 Å². The molecule has 8 heteroatoms. The van der Waals surface area contributed by atoms with Crippen molar-refractivity contribution in [1.82, 2.24) is 25.4 Å². The number of hydroxylamine groups is 1. The van der Waals surface area contributed by atoms with Gasteiger partial charge in [0.2, 0.25) is 5.76 Å². The number of amides is 1. The molecule has 0 spiro atoms. The molecule has 1 aromatic carbocycles. The van der Waals surface area contributed by atoms with Gasteiger partial charge in [-0.25, -0.2) is 4.68 Å². The molecule has 146 valence electrons. The van der Waals surface area contributed by atoms with Crippen molar-refractivity contribution in [1.29, 1.82) is 0 Å². The molecule has 1 aromatic heterocycles. The third kappa shape index (κ3) is 2.63. The van der Waals surface area contributed by atoms with E-state index in [2.05, 4.69) is 44.6 Å². The molecule has 3 aliphatic rings. The van der Waals surface area contributed by atoms with E-state index < -0.39 is 11.4 Å². The number of likely N-dealkylation sites (tertiary alicyclic amines) is 1. The lowest BCUT2D eigenvalue weighted by Gasteiger charge is -2.46. The molecule has 8 nitrogen and oxygen atoms in total. The summed E-state index contributed by atoms with van der Waals surface area (Å²) in [6.45, 7) is 2.11. The second-order valence-electron chi connectivity index (χ2n) is 8.16. The number of primary amides is 1. The standard InChI is InChI=1S/C20H24N6O2/c1-25-11-13(12-25)17-10-22-24-26(17)16-7-15(8-16)20(14-5-3-2-4-6-14)9-18(19(21)27)28-23-20/h2-6,9-10,13,15-16,23H,7-8,11-12H2,1H3,(H2,21,27)/t15?,16?,20-/m0/s1. The summed E-state index contributed by atoms with van der Waals surface area (Å²) >= 11 is 0. The van der Waals surface area contributed by atoms with Gasteiger partial charge in [-0.2, -0.15) is 0 Å². The minimum Gasteiger partial charge on any atom is -0.402 e. The number of hydrogen-bond donors (Lipinski definition) is 2. The average molecular weight is 380 g/mol. The van der Waals surface area contributed by atoms with E-state index in [1.807, 2.05) is 30.5 Å². The minimum atomic E-state index is -0.561. The maximum Gasteiger partial charge on any atom is 0.286 e. The summed E-state index contributed by atoms with van der Waals surface area (Å²) in [5, 5.41) is 8.54. The van der Waals surface area contributed by atoms with Crippen molar-refractivity contribution in [2.24, 2.45) is 11.7 Å². The van der Waals surface area contributed by atoms with Crippen molar-refractivity contribution in [3.05, 3.63) is 59.6 Å². The number of nitrogens with two attached hydrogens (primary N) is 1. The second kappa shape index (κ2) is 6.42. The summed E-state index contributed by atoms with van der Waals surface area (Å²) in [6.07, 6.45) is 5.59. The van der Waals surface area contributed by atoms with E-state index in [0.29, 0.717) is 12.0 Å². The van der Waals surface area contributed by atoms with Gasteiger partial charge in [0.15, 0.2) is 0 Å². The molecule has 0 radical (unpaired) electrons. The Morgan fingerprint density at radius 1 is 1.29 bits per heavy atom. The molecule has 0 bridgehead atoms. The molecule has 3 N–H and O–H groups in total. The molecule has 2 aliphatic heterocycles. The predicted octanol–water partition coefficient (Wildman–Crippen LogP) is 1.06. The number of aromatic nitrogens is 3. The molecule has 28 heavy (non-hydrogen) atoms. The quantitative estimate of drug-likeness (QED) is 0.805. The van der Waals surface area contributed by atoms with E-state index in [1.54, 1.807) is 0 Å². The van der Waals surface area contributed by atoms with E-state index in [4.69, 9.17) is 10.6 Å². The largest absolute Gasteiger partial charge is 0.402 e. The van der Waals surface area contributed by atoms with Crippen LogP contribution in [0.2, 0.25) is 0 Å². The second-order valence-corrected chi connectivity index (χ2v) is 8.16. The highest BCUT2D eigenvalue weighted by Gasteiger charge is 2.51. The van der Waals surface area contributed by atoms with Gasteiger partial charge in [-0.15, -0.1) is 10.6 Å². The molecule has 1 saturated carbocycles. The number of carbonyl (C=O) groups excluding carboxylic acids is 1. The summed E-state index contributed by atoms with van der Waals surface area (Å²) in [4.78, 5) is 19.4. The third-order valence-corrected chi connectivity index (χ3v) is 6.37. The van der Waals surface area contributed by atoms with Crippen LogP contribution in [0.1, 0.15) is 36.1 Å². The lowest BCUT2D eigenvalue weighted by molar-refractivity contribution is -0.119. The fourth-order valence-electron chi connectivity index (χ4n) is 4.69. The van der Waals surface area contributed by atoms with Gasteiger partial charge >= 0.3 is 0 Å². The molecule has 2 aromatic rings. The fraction of sp³-hybridized carbons (Fsp3) is 0.450. The lowest BCUT2D eigenvalue weighted by Crippen LogP contribution is -2.50. The van der Waals surface area contributed by atoms with Crippen LogP contribution in [-0.4, -0.2) is 45.9 Å². The van der Waals surface area contributed by atoms with Gasteiger partial charge in [0.1, 0.15) is 5.54 Å². The smallest absolute Gasteiger partial charge is 0.286 e. The fourth-order valence-corrected chi connectivity index (χ4v) is 4.69. The number of rotatable bonds is 5. The monoisotopic (exact) mass is 380 g/mol. The molecule has 1 atom stereocenters. The molecule has 1 saturated heterocycles. The number of hydrogen-bond acceptors (Lipinski definition) is 6. The van der Waals surface area contributed by atoms with E-state index in [0.717, 1.165) is 31.5 Å². The zero-order valence-electron chi connectivity index (χ0n) is 15.8. The predicted molar refractivity (Wildman–Crippen MR) is 102 cm³/mol. The zero-order valence-corrected chi connectivity index (χ0v) is 15.8. The van der Waals surface area contributed by atoms with Crippen molar-refractivity contribution in [3.8, 4) is 0 Å². The van der Waals surface area contributed by atoms with Crippen molar-refractivity contribution in [2.45, 2.75) is 30.3 Å². The first-order valence-corrected chi connectivity index (χ1v) is 9.67. The highest BCUT2D eigenvalue weighted by atomic mass is 16.7. The van der Waals surface area contributed by atoms with Gasteiger partial charge in [0.05, 0.1) is 17.9 Å². The van der Waals surface area contributed by atoms with Gasteiger partial charge in [-0.05, 0) is 37.4 Å². The summed E-state index contributed by atoms with van der Waals surface area (Å²) in [6, 6.07) is 10.4. The molecule has 5 rings (SSSR count). The van der Waals surface area contributed by atoms with Crippen molar-refractivity contribution < 1.29 is 9.63 Å². The first-order valence-electron chi connectivity index (χ1n) is 9.67. The molecule has 3 heterocycles. The third-order valence-electron chi connectivity index (χ3n) is 6.37. The Balaban J connectivity index is 1.39. The van der Waals surface area contributed by atoms with Gasteiger partial charge in [-0.3, -0.25) is 4.79 Å². The Hall–Kier alpha value is -2.71. The van der Waals surface area contributed by atoms with Crippen LogP contribution in [0.5, 0.6) is 0 Å². The molecule has 0 unspecified atom stereocenters. The Morgan fingerprint density at radius 3 is 2.68 bits per heavy atom. The SMILES string of the molecule is CN1CC(c2cnnn2C2CC([C@@]3(c4ccccc4)C=C(C(N)=O)ON3)C2)C1. The zero-order chi connectivity index (χ0) is 19.3. The number of nitrogens with zero attached hydrogens (tertiary/aromatic N) is 4. The Bertz CT molecular complexity index is 914. The summed E-state index contributed by atoms with van der Waals surface area (Å²) in [5.74, 6) is 0.384. The van der Waals surface area contributed by atoms with Crippen molar-refractivity contribution in [3.63, 3.8) is 0 Å².